The third-order valence-corrected chi connectivity index (χ3v) is 6.40. The maximum atomic E-state index is 12.3. The molecule has 0 spiro atoms. The van der Waals surface area contributed by atoms with E-state index in [-0.39, 0.29) is 0 Å². The zero-order valence-corrected chi connectivity index (χ0v) is 26.2. The summed E-state index contributed by atoms with van der Waals surface area (Å²) < 4.78 is 26.6. The zero-order chi connectivity index (χ0) is 33.0. The Bertz CT molecular complexity index is 1510. The van der Waals surface area contributed by atoms with Gasteiger partial charge < -0.3 is 23.7 Å². The first-order chi connectivity index (χ1) is 22.4. The van der Waals surface area contributed by atoms with Crippen LogP contribution in [-0.2, 0) is 23.9 Å². The van der Waals surface area contributed by atoms with Gasteiger partial charge in [0.1, 0.15) is 17.2 Å². The molecule has 0 atom stereocenters. The number of benzene rings is 3. The molecule has 0 aliphatic carbocycles. The molecule has 10 heteroatoms. The molecule has 0 aliphatic rings. The summed E-state index contributed by atoms with van der Waals surface area (Å²) in [5.74, 6) is 0.299. The Morgan fingerprint density at radius 2 is 1.15 bits per heavy atom. The molecule has 46 heavy (non-hydrogen) atoms. The monoisotopic (exact) mass is 645 g/mol. The van der Waals surface area contributed by atoms with Gasteiger partial charge in [-0.05, 0) is 91.4 Å². The van der Waals surface area contributed by atoms with Gasteiger partial charge in [-0.2, -0.15) is 0 Å². The molecule has 0 bridgehead atoms. The number of carbonyl (C=O) groups excluding carboxylic acids is 3. The number of carbonyl (C=O) groups is 3. The van der Waals surface area contributed by atoms with E-state index in [0.717, 1.165) is 41.9 Å². The number of nitrogens with zero attached hydrogens (tertiary/aromatic N) is 1. The van der Waals surface area contributed by atoms with Gasteiger partial charge in [0.2, 0.25) is 0 Å². The van der Waals surface area contributed by atoms with Gasteiger partial charge in [-0.15, -0.1) is 0 Å². The van der Waals surface area contributed by atoms with Gasteiger partial charge in [-0.25, -0.2) is 14.4 Å². The van der Waals surface area contributed by atoms with Crippen molar-refractivity contribution in [1.82, 2.24) is 0 Å². The van der Waals surface area contributed by atoms with Gasteiger partial charge in [0.25, 0.3) is 0 Å². The number of halogens is 1. The lowest BCUT2D eigenvalue weighted by atomic mass is 10.2. The quantitative estimate of drug-likeness (QED) is 0.0434. The van der Waals surface area contributed by atoms with Crippen LogP contribution in [0.5, 0.6) is 17.2 Å². The van der Waals surface area contributed by atoms with E-state index in [2.05, 4.69) is 18.2 Å². The fourth-order valence-electron chi connectivity index (χ4n) is 3.69. The molecule has 0 aromatic heterocycles. The minimum atomic E-state index is -0.553. The number of rotatable bonds is 19. The normalized spacial score (nSPS) is 10.8. The number of aliphatic imine (C=N–C) groups is 1. The highest BCUT2D eigenvalue weighted by Crippen LogP contribution is 2.29. The Hall–Kier alpha value is -5.15. The minimum absolute atomic E-state index is 0.293. The average molecular weight is 646 g/mol. The van der Waals surface area contributed by atoms with Gasteiger partial charge in [0.15, 0.2) is 0 Å². The second-order valence-corrected chi connectivity index (χ2v) is 10.0. The molecular weight excluding hydrogens is 610 g/mol. The van der Waals surface area contributed by atoms with E-state index < -0.39 is 17.9 Å². The molecule has 9 nitrogen and oxygen atoms in total. The maximum absolute atomic E-state index is 12.3. The van der Waals surface area contributed by atoms with Crippen molar-refractivity contribution in [1.29, 1.82) is 0 Å². The van der Waals surface area contributed by atoms with Crippen molar-refractivity contribution in [2.75, 3.05) is 26.4 Å². The summed E-state index contributed by atoms with van der Waals surface area (Å²) in [6.07, 6.45) is 9.80. The molecule has 0 saturated carbocycles. The highest BCUT2D eigenvalue weighted by Gasteiger charge is 2.06. The van der Waals surface area contributed by atoms with Crippen molar-refractivity contribution < 1.29 is 38.1 Å². The molecule has 3 aromatic carbocycles. The van der Waals surface area contributed by atoms with Crippen LogP contribution in [0, 0.1) is 0 Å². The number of hydrogen-bond acceptors (Lipinski definition) is 9. The second kappa shape index (κ2) is 20.0. The molecule has 0 fully saturated rings. The summed E-state index contributed by atoms with van der Waals surface area (Å²) in [5.41, 5.74) is 2.17. The highest BCUT2D eigenvalue weighted by molar-refractivity contribution is 6.33. The molecule has 0 aliphatic heterocycles. The minimum Gasteiger partial charge on any atom is -0.494 e. The Labute approximate surface area is 273 Å². The second-order valence-electron chi connectivity index (χ2n) is 9.62. The van der Waals surface area contributed by atoms with Crippen LogP contribution in [0.1, 0.15) is 36.8 Å². The molecule has 0 amide bonds. The molecule has 3 rings (SSSR count). The number of hydrogen-bond donors (Lipinski definition) is 0. The lowest BCUT2D eigenvalue weighted by Crippen LogP contribution is -2.04. The summed E-state index contributed by atoms with van der Waals surface area (Å²) in [7, 11) is 0. The third-order valence-electron chi connectivity index (χ3n) is 6.10. The number of ether oxygens (including phenoxy) is 5. The van der Waals surface area contributed by atoms with E-state index in [9.17, 15) is 14.4 Å². The van der Waals surface area contributed by atoms with Crippen molar-refractivity contribution >= 4 is 47.5 Å². The van der Waals surface area contributed by atoms with Crippen molar-refractivity contribution in [2.45, 2.75) is 25.7 Å². The van der Waals surface area contributed by atoms with E-state index in [4.69, 9.17) is 35.3 Å². The van der Waals surface area contributed by atoms with Crippen LogP contribution in [0.3, 0.4) is 0 Å². The first-order valence-corrected chi connectivity index (χ1v) is 15.0. The van der Waals surface area contributed by atoms with E-state index in [0.29, 0.717) is 61.5 Å². The van der Waals surface area contributed by atoms with Crippen LogP contribution in [-0.4, -0.2) is 50.6 Å². The van der Waals surface area contributed by atoms with E-state index >= 15 is 0 Å². The van der Waals surface area contributed by atoms with Crippen LogP contribution < -0.4 is 14.2 Å². The Balaban J connectivity index is 1.39. The predicted octanol–water partition coefficient (Wildman–Crippen LogP) is 7.49. The van der Waals surface area contributed by atoms with Gasteiger partial charge in [-0.1, -0.05) is 36.9 Å². The van der Waals surface area contributed by atoms with Crippen molar-refractivity contribution in [2.24, 2.45) is 4.99 Å². The van der Waals surface area contributed by atoms with Gasteiger partial charge in [0, 0.05) is 30.5 Å². The summed E-state index contributed by atoms with van der Waals surface area (Å²) in [6, 6.07) is 19.5. The Morgan fingerprint density at radius 1 is 0.652 bits per heavy atom. The third kappa shape index (κ3) is 13.7. The van der Waals surface area contributed by atoms with Gasteiger partial charge >= 0.3 is 17.9 Å². The van der Waals surface area contributed by atoms with E-state index in [1.807, 2.05) is 36.4 Å². The zero-order valence-electron chi connectivity index (χ0n) is 25.4. The maximum Gasteiger partial charge on any atom is 0.336 e. The SMILES string of the molecule is C=CC(=O)OCCCCOc1ccc(C=Nc2ccc(OC(=O)/C=C/c3ccc(OCCCCOC(=O)C=C)cc3)cc2Cl)cc1. The van der Waals surface area contributed by atoms with Gasteiger partial charge in [-0.3, -0.25) is 4.99 Å². The van der Waals surface area contributed by atoms with Gasteiger partial charge in [0.05, 0.1) is 37.1 Å². The predicted molar refractivity (Wildman–Crippen MR) is 178 cm³/mol. The summed E-state index contributed by atoms with van der Waals surface area (Å²) in [5, 5.41) is 0.331. The highest BCUT2D eigenvalue weighted by atomic mass is 35.5. The van der Waals surface area contributed by atoms with Crippen LogP contribution in [0.4, 0.5) is 5.69 Å². The van der Waals surface area contributed by atoms with E-state index in [1.54, 1.807) is 36.6 Å². The number of esters is 3. The standard InChI is InChI=1S/C36H36ClNO8/c1-3-34(39)44-23-7-5-21-42-29-14-9-27(10-15-29)13-20-36(41)46-31-18-19-33(32(37)25-31)38-26-28-11-16-30(17-12-28)43-22-6-8-24-45-35(40)4-2/h3-4,9-20,25-26H,1-2,5-8,21-24H2/b20-13+,38-26?. The Kier molecular flexibility index (Phi) is 15.4. The van der Waals surface area contributed by atoms with Crippen LogP contribution in [0.2, 0.25) is 5.02 Å². The molecule has 240 valence electrons. The topological polar surface area (TPSA) is 110 Å². The summed E-state index contributed by atoms with van der Waals surface area (Å²) in [4.78, 5) is 38.8. The molecule has 0 unspecified atom stereocenters. The Morgan fingerprint density at radius 3 is 1.67 bits per heavy atom. The molecule has 0 heterocycles. The van der Waals surface area contributed by atoms with Crippen molar-refractivity contribution in [3.63, 3.8) is 0 Å². The molecular formula is C36H36ClNO8. The molecule has 0 saturated heterocycles. The first kappa shape index (κ1) is 35.3. The first-order valence-electron chi connectivity index (χ1n) is 14.6. The van der Waals surface area contributed by atoms with Crippen molar-refractivity contribution in [3.8, 4) is 17.2 Å². The van der Waals surface area contributed by atoms with Crippen LogP contribution in [0.25, 0.3) is 6.08 Å². The largest absolute Gasteiger partial charge is 0.494 e. The molecule has 0 radical (unpaired) electrons. The van der Waals surface area contributed by atoms with Crippen molar-refractivity contribution in [3.05, 3.63) is 114 Å². The lowest BCUT2D eigenvalue weighted by Gasteiger charge is -2.07. The van der Waals surface area contributed by atoms with E-state index in [1.165, 1.54) is 12.1 Å². The molecule has 3 aromatic rings. The fraction of sp³-hybridized carbons (Fsp3) is 0.222. The lowest BCUT2D eigenvalue weighted by molar-refractivity contribution is -0.138. The fourth-order valence-corrected chi connectivity index (χ4v) is 3.91. The van der Waals surface area contributed by atoms with Crippen LogP contribution >= 0.6 is 11.6 Å². The smallest absolute Gasteiger partial charge is 0.336 e. The number of unbranched alkanes of at least 4 members (excludes halogenated alkanes) is 2. The summed E-state index contributed by atoms with van der Waals surface area (Å²) >= 11 is 6.38. The summed E-state index contributed by atoms with van der Waals surface area (Å²) in [6.45, 7) is 8.36. The average Bonchev–Trinajstić information content (AvgIpc) is 3.07. The van der Waals surface area contributed by atoms with Crippen LogP contribution in [0.15, 0.2) is 103 Å². The molecule has 0 N–H and O–H groups in total.